The van der Waals surface area contributed by atoms with Gasteiger partial charge in [0.15, 0.2) is 0 Å². The third-order valence-electron chi connectivity index (χ3n) is 3.69. The van der Waals surface area contributed by atoms with Crippen LogP contribution in [0.2, 0.25) is 0 Å². The van der Waals surface area contributed by atoms with Crippen LogP contribution in [-0.4, -0.2) is 24.4 Å². The van der Waals surface area contributed by atoms with Gasteiger partial charge in [0, 0.05) is 23.4 Å². The van der Waals surface area contributed by atoms with Gasteiger partial charge in [-0.1, -0.05) is 18.2 Å². The fraction of sp³-hybridized carbons (Fsp3) is 0.176. The van der Waals surface area contributed by atoms with Crippen molar-refractivity contribution in [3.05, 3.63) is 62.5 Å². The van der Waals surface area contributed by atoms with Gasteiger partial charge in [-0.2, -0.15) is 5.10 Å². The van der Waals surface area contributed by atoms with E-state index in [9.17, 15) is 4.79 Å². The van der Waals surface area contributed by atoms with Crippen molar-refractivity contribution >= 4 is 26.7 Å². The predicted molar refractivity (Wildman–Crippen MR) is 92.4 cm³/mol. The Hall–Kier alpha value is -2.34. The van der Waals surface area contributed by atoms with Gasteiger partial charge in [0.25, 0.3) is 5.56 Å². The fourth-order valence-electron chi connectivity index (χ4n) is 2.55. The van der Waals surface area contributed by atoms with Gasteiger partial charge >= 0.3 is 0 Å². The summed E-state index contributed by atoms with van der Waals surface area (Å²) in [6, 6.07) is 11.2. The number of aromatic nitrogens is 2. The van der Waals surface area contributed by atoms with Crippen molar-refractivity contribution < 1.29 is 9.47 Å². The van der Waals surface area contributed by atoms with E-state index >= 15 is 0 Å². The van der Waals surface area contributed by atoms with Crippen molar-refractivity contribution in [1.82, 2.24) is 10.2 Å². The number of nitrogens with zero attached hydrogens (tertiary/aromatic N) is 1. The highest BCUT2D eigenvalue weighted by Crippen LogP contribution is 2.34. The van der Waals surface area contributed by atoms with E-state index in [0.29, 0.717) is 23.3 Å². The van der Waals surface area contributed by atoms with Gasteiger partial charge in [-0.3, -0.25) is 4.79 Å². The molecule has 1 aromatic heterocycles. The first kappa shape index (κ1) is 15.6. The lowest BCUT2D eigenvalue weighted by Crippen LogP contribution is -2.11. The van der Waals surface area contributed by atoms with Crippen molar-refractivity contribution in [3.63, 3.8) is 0 Å². The number of nitrogens with one attached hydrogen (secondary N) is 1. The third-order valence-corrected chi connectivity index (χ3v) is 4.31. The van der Waals surface area contributed by atoms with E-state index in [-0.39, 0.29) is 5.56 Å². The van der Waals surface area contributed by atoms with Crippen LogP contribution in [0.25, 0.3) is 10.8 Å². The summed E-state index contributed by atoms with van der Waals surface area (Å²) in [5.74, 6) is 1.41. The summed E-state index contributed by atoms with van der Waals surface area (Å²) >= 11 is 3.49. The molecule has 0 fully saturated rings. The molecular weight excluding hydrogens is 360 g/mol. The largest absolute Gasteiger partial charge is 0.496 e. The summed E-state index contributed by atoms with van der Waals surface area (Å²) < 4.78 is 11.6. The number of rotatable bonds is 4. The van der Waals surface area contributed by atoms with Crippen molar-refractivity contribution in [2.45, 2.75) is 6.42 Å². The molecule has 0 aliphatic heterocycles. The summed E-state index contributed by atoms with van der Waals surface area (Å²) in [5, 5.41) is 8.23. The molecule has 3 rings (SSSR count). The second-order valence-corrected chi connectivity index (χ2v) is 5.87. The summed E-state index contributed by atoms with van der Waals surface area (Å²) in [6.07, 6.45) is 0.531. The summed E-state index contributed by atoms with van der Waals surface area (Å²) in [4.78, 5) is 11.9. The van der Waals surface area contributed by atoms with Gasteiger partial charge in [-0.05, 0) is 28.1 Å². The zero-order valence-corrected chi connectivity index (χ0v) is 14.3. The van der Waals surface area contributed by atoms with Gasteiger partial charge in [-0.15, -0.1) is 0 Å². The minimum atomic E-state index is -0.188. The van der Waals surface area contributed by atoms with Gasteiger partial charge < -0.3 is 9.47 Å². The number of hydrogen-bond donors (Lipinski definition) is 1. The van der Waals surface area contributed by atoms with Crippen molar-refractivity contribution in [2.75, 3.05) is 14.2 Å². The Morgan fingerprint density at radius 3 is 2.48 bits per heavy atom. The maximum absolute atomic E-state index is 11.9. The number of halogens is 1. The fourth-order valence-corrected chi connectivity index (χ4v) is 3.10. The van der Waals surface area contributed by atoms with Crippen LogP contribution in [0.15, 0.2) is 45.7 Å². The molecule has 118 valence electrons. The number of H-pyrrole nitrogens is 1. The van der Waals surface area contributed by atoms with Crippen LogP contribution < -0.4 is 15.0 Å². The van der Waals surface area contributed by atoms with Gasteiger partial charge in [0.1, 0.15) is 11.5 Å². The van der Waals surface area contributed by atoms with E-state index in [1.54, 1.807) is 20.3 Å². The van der Waals surface area contributed by atoms with E-state index in [0.717, 1.165) is 21.1 Å². The lowest BCUT2D eigenvalue weighted by Gasteiger charge is -2.12. The Morgan fingerprint density at radius 2 is 1.78 bits per heavy atom. The van der Waals surface area contributed by atoms with Crippen LogP contribution in [0, 0.1) is 0 Å². The molecule has 1 N–H and O–H groups in total. The standard InChI is InChI=1S/C17H15BrN2O3/c1-22-15-9-16(23-2)13(18)7-10(15)8-14-11-5-3-4-6-12(11)17(21)20-19-14/h3-7,9H,8H2,1-2H3,(H,20,21). The Labute approximate surface area is 141 Å². The number of aromatic amines is 1. The molecule has 0 radical (unpaired) electrons. The number of benzene rings is 2. The first-order valence-corrected chi connectivity index (χ1v) is 7.80. The molecular formula is C17H15BrN2O3. The molecule has 0 aliphatic carbocycles. The topological polar surface area (TPSA) is 64.2 Å². The number of hydrogen-bond acceptors (Lipinski definition) is 4. The van der Waals surface area contributed by atoms with Crippen LogP contribution in [0.1, 0.15) is 11.3 Å². The average Bonchev–Trinajstić information content (AvgIpc) is 2.58. The SMILES string of the molecule is COc1cc(OC)c(Cc2n[nH]c(=O)c3ccccc23)cc1Br. The zero-order chi connectivity index (χ0) is 16.4. The Bertz CT molecular complexity index is 921. The third kappa shape index (κ3) is 2.94. The minimum absolute atomic E-state index is 0.188. The summed E-state index contributed by atoms with van der Waals surface area (Å²) in [5.41, 5.74) is 1.55. The van der Waals surface area contributed by atoms with Crippen molar-refractivity contribution in [1.29, 1.82) is 0 Å². The molecule has 1 heterocycles. The molecule has 3 aromatic rings. The van der Waals surface area contributed by atoms with Gasteiger partial charge in [0.2, 0.25) is 0 Å². The highest BCUT2D eigenvalue weighted by molar-refractivity contribution is 9.10. The van der Waals surface area contributed by atoms with E-state index < -0.39 is 0 Å². The van der Waals surface area contributed by atoms with Crippen LogP contribution in [0.3, 0.4) is 0 Å². The molecule has 0 saturated heterocycles. The molecule has 23 heavy (non-hydrogen) atoms. The highest BCUT2D eigenvalue weighted by atomic mass is 79.9. The van der Waals surface area contributed by atoms with Crippen molar-refractivity contribution in [2.24, 2.45) is 0 Å². The molecule has 0 saturated carbocycles. The number of ether oxygens (including phenoxy) is 2. The molecule has 0 spiro atoms. The zero-order valence-electron chi connectivity index (χ0n) is 12.7. The molecule has 0 amide bonds. The van der Waals surface area contributed by atoms with Crippen LogP contribution in [0.5, 0.6) is 11.5 Å². The molecule has 0 unspecified atom stereocenters. The second kappa shape index (κ2) is 6.42. The maximum Gasteiger partial charge on any atom is 0.272 e. The van der Waals surface area contributed by atoms with Crippen LogP contribution >= 0.6 is 15.9 Å². The van der Waals surface area contributed by atoms with Crippen molar-refractivity contribution in [3.8, 4) is 11.5 Å². The Kier molecular flexibility index (Phi) is 4.34. The predicted octanol–water partition coefficient (Wildman–Crippen LogP) is 3.29. The van der Waals surface area contributed by atoms with E-state index in [2.05, 4.69) is 26.1 Å². The molecule has 0 bridgehead atoms. The average molecular weight is 375 g/mol. The smallest absolute Gasteiger partial charge is 0.272 e. The minimum Gasteiger partial charge on any atom is -0.496 e. The van der Waals surface area contributed by atoms with Crippen LogP contribution in [-0.2, 0) is 6.42 Å². The van der Waals surface area contributed by atoms with Gasteiger partial charge in [0.05, 0.1) is 29.8 Å². The quantitative estimate of drug-likeness (QED) is 0.760. The normalized spacial score (nSPS) is 10.7. The molecule has 0 aliphatic rings. The van der Waals surface area contributed by atoms with E-state index in [1.165, 1.54) is 0 Å². The Morgan fingerprint density at radius 1 is 1.09 bits per heavy atom. The van der Waals surface area contributed by atoms with Gasteiger partial charge in [-0.25, -0.2) is 5.10 Å². The van der Waals surface area contributed by atoms with E-state index in [4.69, 9.17) is 9.47 Å². The highest BCUT2D eigenvalue weighted by Gasteiger charge is 2.13. The molecule has 5 nitrogen and oxygen atoms in total. The summed E-state index contributed by atoms with van der Waals surface area (Å²) in [7, 11) is 3.22. The molecule has 0 atom stereocenters. The van der Waals surface area contributed by atoms with E-state index in [1.807, 2.05) is 30.3 Å². The lowest BCUT2D eigenvalue weighted by atomic mass is 10.0. The monoisotopic (exact) mass is 374 g/mol. The molecule has 2 aromatic carbocycles. The number of methoxy groups -OCH3 is 2. The first-order chi connectivity index (χ1) is 11.1. The lowest BCUT2D eigenvalue weighted by molar-refractivity contribution is 0.390. The molecule has 6 heteroatoms. The Balaban J connectivity index is 2.11. The summed E-state index contributed by atoms with van der Waals surface area (Å²) in [6.45, 7) is 0. The second-order valence-electron chi connectivity index (χ2n) is 5.02. The first-order valence-electron chi connectivity index (χ1n) is 7.00. The number of fused-ring (bicyclic) bond motifs is 1. The van der Waals surface area contributed by atoms with Crippen LogP contribution in [0.4, 0.5) is 0 Å². The maximum atomic E-state index is 11.9.